The van der Waals surface area contributed by atoms with Crippen LogP contribution >= 0.6 is 22.7 Å². The molecule has 1 fully saturated rings. The van der Waals surface area contributed by atoms with Crippen molar-refractivity contribution in [1.82, 2.24) is 65.2 Å². The van der Waals surface area contributed by atoms with Crippen LogP contribution in [0.3, 0.4) is 0 Å². The van der Waals surface area contributed by atoms with Crippen molar-refractivity contribution in [3.63, 3.8) is 0 Å². The number of aromatic amines is 4. The topological polar surface area (TPSA) is 199 Å². The molecule has 0 bridgehead atoms. The van der Waals surface area contributed by atoms with Gasteiger partial charge in [-0.25, -0.2) is 4.98 Å². The van der Waals surface area contributed by atoms with E-state index in [9.17, 15) is 4.79 Å². The molecule has 0 atom stereocenters. The van der Waals surface area contributed by atoms with E-state index in [-0.39, 0.29) is 5.91 Å². The van der Waals surface area contributed by atoms with Gasteiger partial charge in [0.25, 0.3) is 5.91 Å². The first-order valence-corrected chi connectivity index (χ1v) is 25.6. The van der Waals surface area contributed by atoms with E-state index in [2.05, 4.69) is 87.5 Å². The maximum atomic E-state index is 13.3. The summed E-state index contributed by atoms with van der Waals surface area (Å²) in [6.45, 7) is 3.14. The van der Waals surface area contributed by atoms with Gasteiger partial charge in [0.2, 0.25) is 0 Å². The van der Waals surface area contributed by atoms with Crippen LogP contribution in [-0.4, -0.2) is 84.2 Å². The van der Waals surface area contributed by atoms with Crippen molar-refractivity contribution in [1.29, 1.82) is 0 Å². The van der Waals surface area contributed by atoms with Crippen LogP contribution in [0.15, 0.2) is 151 Å². The number of hydrogen-bond acceptors (Lipinski definition) is 12. The normalized spacial score (nSPS) is 13.0. The summed E-state index contributed by atoms with van der Waals surface area (Å²) < 4.78 is 0. The number of carbonyl (C=O) groups is 1. The van der Waals surface area contributed by atoms with Gasteiger partial charge >= 0.3 is 0 Å². The van der Waals surface area contributed by atoms with Gasteiger partial charge in [0.1, 0.15) is 11.4 Å². The van der Waals surface area contributed by atoms with Crippen LogP contribution < -0.4 is 5.32 Å². The number of thiophene rings is 2. The van der Waals surface area contributed by atoms with Crippen molar-refractivity contribution >= 4 is 77.9 Å². The number of rotatable bonds is 11. The molecular formula is C56H40N14OS2. The van der Waals surface area contributed by atoms with Crippen LogP contribution in [0.2, 0.25) is 0 Å². The molecule has 1 aromatic carbocycles. The quantitative estimate of drug-likeness (QED) is 0.0831. The van der Waals surface area contributed by atoms with E-state index >= 15 is 0 Å². The molecule has 13 heterocycles. The molecule has 0 radical (unpaired) electrons. The molecule has 1 aliphatic heterocycles. The molecule has 73 heavy (non-hydrogen) atoms. The van der Waals surface area contributed by atoms with Gasteiger partial charge < -0.3 is 15.3 Å². The van der Waals surface area contributed by atoms with E-state index in [1.54, 1.807) is 47.2 Å². The molecule has 5 N–H and O–H groups in total. The summed E-state index contributed by atoms with van der Waals surface area (Å²) in [5.41, 5.74) is 15.5. The molecule has 12 aromatic heterocycles. The monoisotopic (exact) mass is 988 g/mol. The number of amides is 1. The fourth-order valence-corrected chi connectivity index (χ4v) is 11.6. The predicted molar refractivity (Wildman–Crippen MR) is 289 cm³/mol. The minimum atomic E-state index is -0.230. The largest absolute Gasteiger partial charge is 0.353 e. The van der Waals surface area contributed by atoms with Gasteiger partial charge in [0, 0.05) is 97.7 Å². The number of pyridine rings is 6. The van der Waals surface area contributed by atoms with Gasteiger partial charge in [-0.05, 0) is 110 Å². The van der Waals surface area contributed by atoms with E-state index in [0.29, 0.717) is 22.6 Å². The predicted octanol–water partition coefficient (Wildman–Crippen LogP) is 12.4. The van der Waals surface area contributed by atoms with Crippen molar-refractivity contribution in [2.24, 2.45) is 0 Å². The van der Waals surface area contributed by atoms with Crippen molar-refractivity contribution < 1.29 is 4.79 Å². The van der Waals surface area contributed by atoms with Crippen molar-refractivity contribution in [2.45, 2.75) is 19.4 Å². The summed E-state index contributed by atoms with van der Waals surface area (Å²) in [7, 11) is 0. The number of likely N-dealkylation sites (tertiary alicyclic amines) is 1. The van der Waals surface area contributed by atoms with E-state index in [4.69, 9.17) is 30.1 Å². The van der Waals surface area contributed by atoms with Crippen LogP contribution in [0.25, 0.3) is 121 Å². The number of nitrogens with one attached hydrogen (secondary N) is 5. The highest BCUT2D eigenvalue weighted by molar-refractivity contribution is 7.14. The van der Waals surface area contributed by atoms with Gasteiger partial charge in [0.15, 0.2) is 0 Å². The Kier molecular flexibility index (Phi) is 10.4. The third-order valence-electron chi connectivity index (χ3n) is 13.5. The Hall–Kier alpha value is -9.03. The fraction of sp³-hybridized carbons (Fsp3) is 0.0893. The fourth-order valence-electron chi connectivity index (χ4n) is 9.97. The maximum Gasteiger partial charge on any atom is 0.255 e. The average molecular weight is 989 g/mol. The molecule has 1 amide bonds. The van der Waals surface area contributed by atoms with E-state index in [0.717, 1.165) is 130 Å². The zero-order chi connectivity index (χ0) is 48.4. The Bertz CT molecular complexity index is 4220. The molecule has 1 saturated heterocycles. The molecule has 13 aromatic rings. The Morgan fingerprint density at radius 1 is 0.589 bits per heavy atom. The molecule has 1 aliphatic rings. The lowest BCUT2D eigenvalue weighted by molar-refractivity contribution is 0.102. The third kappa shape index (κ3) is 7.82. The second kappa shape index (κ2) is 17.7. The van der Waals surface area contributed by atoms with Gasteiger partial charge in [0.05, 0.1) is 78.7 Å². The standard InChI is InChI=1S/C56H40N14OS2/c71-56(32-7-2-1-3-8-32)62-36-18-34(26-58-27-36)44-23-40-52(46-21-37-41(64-46)10-12-59-53(37)48-9-6-16-72-48)68-69-55(40)50(65-44)35-19-49(73-30-35)54-38-22-45(63-42(38)11-13-60-54)51-39-20-43(61-28-47(39)66-67-51)33-17-31(24-57-25-33)29-70-14-4-5-15-70/h1-3,6-13,16-28,30,63-64H,4-5,14-15,29H2,(H,62,71)(H,66,67)(H,68,69). The molecule has 0 unspecified atom stereocenters. The summed E-state index contributed by atoms with van der Waals surface area (Å²) in [6.07, 6.45) is 15.2. The number of fused-ring (bicyclic) bond motifs is 4. The molecule has 0 spiro atoms. The zero-order valence-electron chi connectivity index (χ0n) is 38.7. The summed E-state index contributed by atoms with van der Waals surface area (Å²) in [4.78, 5) is 54.0. The van der Waals surface area contributed by atoms with E-state index in [1.165, 1.54) is 18.4 Å². The lowest BCUT2D eigenvalue weighted by atomic mass is 10.0. The van der Waals surface area contributed by atoms with Crippen LogP contribution in [-0.2, 0) is 6.54 Å². The second-order valence-electron chi connectivity index (χ2n) is 18.2. The lowest BCUT2D eigenvalue weighted by Crippen LogP contribution is -2.18. The lowest BCUT2D eigenvalue weighted by Gasteiger charge is -2.14. The Labute approximate surface area is 423 Å². The number of aromatic nitrogens is 12. The highest BCUT2D eigenvalue weighted by atomic mass is 32.1. The van der Waals surface area contributed by atoms with E-state index < -0.39 is 0 Å². The number of carbonyl (C=O) groups excluding carboxylic acids is 1. The minimum Gasteiger partial charge on any atom is -0.353 e. The van der Waals surface area contributed by atoms with Gasteiger partial charge in [-0.1, -0.05) is 24.3 Å². The number of H-pyrrole nitrogens is 4. The second-order valence-corrected chi connectivity index (χ2v) is 20.0. The summed E-state index contributed by atoms with van der Waals surface area (Å²) >= 11 is 3.25. The first-order valence-electron chi connectivity index (χ1n) is 23.8. The molecule has 352 valence electrons. The number of hydrogen-bond donors (Lipinski definition) is 5. The molecule has 0 aliphatic carbocycles. The maximum absolute atomic E-state index is 13.3. The summed E-state index contributed by atoms with van der Waals surface area (Å²) in [5.74, 6) is -0.230. The van der Waals surface area contributed by atoms with Gasteiger partial charge in [-0.2, -0.15) is 10.2 Å². The number of anilines is 1. The van der Waals surface area contributed by atoms with Crippen LogP contribution in [0.5, 0.6) is 0 Å². The Balaban J connectivity index is 0.842. The molecule has 14 rings (SSSR count). The summed E-state index contributed by atoms with van der Waals surface area (Å²) in [5, 5.41) is 27.3. The first kappa shape index (κ1) is 42.8. The molecular weight excluding hydrogens is 949 g/mol. The molecule has 15 nitrogen and oxygen atoms in total. The average Bonchev–Trinajstić information content (AvgIpc) is 4.29. The minimum absolute atomic E-state index is 0.230. The highest BCUT2D eigenvalue weighted by Crippen LogP contribution is 2.42. The van der Waals surface area contributed by atoms with Crippen molar-refractivity contribution in [3.05, 3.63) is 162 Å². The van der Waals surface area contributed by atoms with E-state index in [1.807, 2.05) is 79.5 Å². The van der Waals surface area contributed by atoms with Gasteiger partial charge in [-0.15, -0.1) is 22.7 Å². The third-order valence-corrected chi connectivity index (χ3v) is 15.3. The molecule has 17 heteroatoms. The highest BCUT2D eigenvalue weighted by Gasteiger charge is 2.23. The zero-order valence-corrected chi connectivity index (χ0v) is 40.4. The first-order chi connectivity index (χ1) is 36.0. The van der Waals surface area contributed by atoms with Crippen molar-refractivity contribution in [2.75, 3.05) is 18.4 Å². The number of benzene rings is 1. The Morgan fingerprint density at radius 2 is 1.30 bits per heavy atom. The molecule has 0 saturated carbocycles. The SMILES string of the molecule is O=C(Nc1cncc(-c2cc3c(-c4cc5c(-c6cccs6)nccc5[nH]4)n[nH]c3c(-c3csc(-c4nccc5[nH]c(-c6n[nH]c7cnc(-c8cncc(CN9CCCC9)c8)cc67)cc45)c3)n2)c1)c1ccccc1. The van der Waals surface area contributed by atoms with Crippen LogP contribution in [0.4, 0.5) is 5.69 Å². The number of nitrogens with zero attached hydrogens (tertiary/aromatic N) is 9. The van der Waals surface area contributed by atoms with Gasteiger partial charge in [-0.3, -0.25) is 44.8 Å². The van der Waals surface area contributed by atoms with Crippen LogP contribution in [0.1, 0.15) is 28.8 Å². The smallest absolute Gasteiger partial charge is 0.255 e. The summed E-state index contributed by atoms with van der Waals surface area (Å²) in [6, 6.07) is 31.8. The van der Waals surface area contributed by atoms with Crippen molar-refractivity contribution in [3.8, 4) is 77.7 Å². The Morgan fingerprint density at radius 3 is 2.08 bits per heavy atom. The van der Waals surface area contributed by atoms with Crippen LogP contribution in [0, 0.1) is 0 Å².